The average molecular weight is 410 g/mol. The van der Waals surface area contributed by atoms with Gasteiger partial charge in [0.1, 0.15) is 18.4 Å². The van der Waals surface area contributed by atoms with Gasteiger partial charge in [-0.25, -0.2) is 0 Å². The molecule has 4 nitrogen and oxygen atoms in total. The van der Waals surface area contributed by atoms with Gasteiger partial charge in [-0.15, -0.1) is 0 Å². The number of carboxylic acids is 1. The van der Waals surface area contributed by atoms with Crippen LogP contribution in [0.3, 0.4) is 0 Å². The van der Waals surface area contributed by atoms with Crippen LogP contribution in [0, 0.1) is 13.8 Å². The van der Waals surface area contributed by atoms with Crippen molar-refractivity contribution in [3.8, 4) is 5.75 Å². The highest BCUT2D eigenvalue weighted by atomic mass is 16.5. The molecule has 0 saturated carbocycles. The lowest BCUT2D eigenvalue weighted by Crippen LogP contribution is -2.44. The normalized spacial score (nSPS) is 17.7. The minimum absolute atomic E-state index is 0.0127. The molecule has 1 aliphatic heterocycles. The maximum absolute atomic E-state index is 11.8. The minimum atomic E-state index is -0.722. The lowest BCUT2D eigenvalue weighted by Gasteiger charge is -2.33. The topological polar surface area (TPSA) is 49.8 Å². The molecule has 0 amide bonds. The Kier molecular flexibility index (Phi) is 6.87. The molecule has 2 aromatic carbocycles. The lowest BCUT2D eigenvalue weighted by molar-refractivity contribution is -0.144. The van der Waals surface area contributed by atoms with Crippen molar-refractivity contribution in [2.24, 2.45) is 0 Å². The van der Waals surface area contributed by atoms with Crippen LogP contribution in [0.4, 0.5) is 0 Å². The van der Waals surface area contributed by atoms with Gasteiger partial charge in [-0.1, -0.05) is 63.1 Å². The van der Waals surface area contributed by atoms with E-state index in [9.17, 15) is 9.90 Å². The van der Waals surface area contributed by atoms with Gasteiger partial charge in [0.25, 0.3) is 0 Å². The van der Waals surface area contributed by atoms with E-state index in [2.05, 4.69) is 75.9 Å². The van der Waals surface area contributed by atoms with Crippen LogP contribution in [-0.4, -0.2) is 28.6 Å². The van der Waals surface area contributed by atoms with Crippen molar-refractivity contribution in [3.63, 3.8) is 0 Å². The zero-order valence-corrected chi connectivity index (χ0v) is 19.0. The highest BCUT2D eigenvalue weighted by Crippen LogP contribution is 2.34. The van der Waals surface area contributed by atoms with Crippen LogP contribution in [-0.2, 0) is 23.4 Å². The number of carbonyl (C=O) groups is 1. The Morgan fingerprint density at radius 3 is 2.60 bits per heavy atom. The number of aliphatic carboxylic acids is 1. The van der Waals surface area contributed by atoms with Gasteiger partial charge in [-0.05, 0) is 61.4 Å². The highest BCUT2D eigenvalue weighted by molar-refractivity contribution is 5.73. The van der Waals surface area contributed by atoms with Crippen LogP contribution >= 0.6 is 0 Å². The molecule has 2 aromatic rings. The Bertz CT molecular complexity index is 898. The van der Waals surface area contributed by atoms with Crippen LogP contribution in [0.2, 0.25) is 0 Å². The predicted molar refractivity (Wildman–Crippen MR) is 121 cm³/mol. The van der Waals surface area contributed by atoms with Gasteiger partial charge in [0, 0.05) is 12.1 Å². The number of piperidine rings is 1. The van der Waals surface area contributed by atoms with Crippen LogP contribution in [0.1, 0.15) is 67.9 Å². The van der Waals surface area contributed by atoms with E-state index in [0.717, 1.165) is 36.3 Å². The monoisotopic (exact) mass is 409 g/mol. The number of rotatable bonds is 6. The standard InChI is InChI=1S/C26H35NO3/c1-18-9-8-10-20(13-18)17-30-24-15-22(26(3,4)5)19(2)14-21(24)16-27-12-7-6-11-23(27)25(28)29/h8-10,13-15,23H,6-7,11-12,16-17H2,1-5H3,(H,28,29)/t23-/m0/s1. The Labute approximate surface area is 180 Å². The van der Waals surface area contributed by atoms with Gasteiger partial charge < -0.3 is 9.84 Å². The summed E-state index contributed by atoms with van der Waals surface area (Å²) in [6, 6.07) is 12.3. The van der Waals surface area contributed by atoms with Gasteiger partial charge in [-0.3, -0.25) is 9.69 Å². The zero-order chi connectivity index (χ0) is 21.9. The summed E-state index contributed by atoms with van der Waals surface area (Å²) in [5.74, 6) is 0.140. The summed E-state index contributed by atoms with van der Waals surface area (Å²) in [7, 11) is 0. The minimum Gasteiger partial charge on any atom is -0.489 e. The first-order valence-corrected chi connectivity index (χ1v) is 10.9. The molecule has 3 rings (SSSR count). The average Bonchev–Trinajstić information content (AvgIpc) is 2.66. The number of hydrogen-bond acceptors (Lipinski definition) is 3. The number of carboxylic acid groups (broad SMARTS) is 1. The molecule has 0 aromatic heterocycles. The quantitative estimate of drug-likeness (QED) is 0.673. The molecular weight excluding hydrogens is 374 g/mol. The van der Waals surface area contributed by atoms with Gasteiger partial charge in [0.2, 0.25) is 0 Å². The fourth-order valence-electron chi connectivity index (χ4n) is 4.46. The van der Waals surface area contributed by atoms with Crippen molar-refractivity contribution in [3.05, 3.63) is 64.2 Å². The molecular formula is C26H35NO3. The first-order valence-electron chi connectivity index (χ1n) is 10.9. The molecule has 0 radical (unpaired) electrons. The number of aryl methyl sites for hydroxylation is 2. The maximum Gasteiger partial charge on any atom is 0.320 e. The van der Waals surface area contributed by atoms with Crippen molar-refractivity contribution < 1.29 is 14.6 Å². The molecule has 1 N–H and O–H groups in total. The molecule has 1 fully saturated rings. The van der Waals surface area contributed by atoms with E-state index in [4.69, 9.17) is 4.74 Å². The molecule has 4 heteroatoms. The summed E-state index contributed by atoms with van der Waals surface area (Å²) in [6.07, 6.45) is 2.74. The smallest absolute Gasteiger partial charge is 0.320 e. The molecule has 1 atom stereocenters. The van der Waals surface area contributed by atoms with E-state index in [0.29, 0.717) is 19.6 Å². The third-order valence-corrected chi connectivity index (χ3v) is 5.96. The van der Waals surface area contributed by atoms with E-state index in [1.807, 2.05) is 0 Å². The van der Waals surface area contributed by atoms with Crippen molar-refractivity contribution in [2.75, 3.05) is 6.54 Å². The van der Waals surface area contributed by atoms with E-state index in [-0.39, 0.29) is 5.41 Å². The SMILES string of the molecule is Cc1cccc(COc2cc(C(C)(C)C)c(C)cc2CN2CCCC[C@H]2C(=O)O)c1. The summed E-state index contributed by atoms with van der Waals surface area (Å²) >= 11 is 0. The molecule has 1 heterocycles. The predicted octanol–water partition coefficient (Wildman–Crippen LogP) is 5.62. The second kappa shape index (κ2) is 9.22. The Balaban J connectivity index is 1.91. The first-order chi connectivity index (χ1) is 14.1. The second-order valence-corrected chi connectivity index (χ2v) is 9.62. The lowest BCUT2D eigenvalue weighted by atomic mass is 9.83. The maximum atomic E-state index is 11.8. The number of likely N-dealkylation sites (tertiary alicyclic amines) is 1. The fourth-order valence-corrected chi connectivity index (χ4v) is 4.46. The summed E-state index contributed by atoms with van der Waals surface area (Å²) in [5.41, 5.74) is 5.93. The van der Waals surface area contributed by atoms with Crippen molar-refractivity contribution in [1.82, 2.24) is 4.90 Å². The van der Waals surface area contributed by atoms with Gasteiger partial charge in [0.05, 0.1) is 0 Å². The van der Waals surface area contributed by atoms with E-state index >= 15 is 0 Å². The first kappa shape index (κ1) is 22.4. The second-order valence-electron chi connectivity index (χ2n) is 9.62. The summed E-state index contributed by atoms with van der Waals surface area (Å²) < 4.78 is 6.33. The van der Waals surface area contributed by atoms with E-state index < -0.39 is 12.0 Å². The van der Waals surface area contributed by atoms with Crippen molar-refractivity contribution >= 4 is 5.97 Å². The molecule has 1 aliphatic rings. The van der Waals surface area contributed by atoms with E-state index in [1.54, 1.807) is 0 Å². The number of nitrogens with zero attached hydrogens (tertiary/aromatic N) is 1. The van der Waals surface area contributed by atoms with Crippen LogP contribution in [0.15, 0.2) is 36.4 Å². The van der Waals surface area contributed by atoms with E-state index in [1.165, 1.54) is 16.7 Å². The number of hydrogen-bond donors (Lipinski definition) is 1. The Hall–Kier alpha value is -2.33. The fraction of sp³-hybridized carbons (Fsp3) is 0.500. The molecule has 1 saturated heterocycles. The molecule has 0 spiro atoms. The molecule has 30 heavy (non-hydrogen) atoms. The Morgan fingerprint density at radius 2 is 1.93 bits per heavy atom. The summed E-state index contributed by atoms with van der Waals surface area (Å²) in [5, 5.41) is 9.67. The third-order valence-electron chi connectivity index (χ3n) is 5.96. The summed E-state index contributed by atoms with van der Waals surface area (Å²) in [4.78, 5) is 13.9. The van der Waals surface area contributed by atoms with Crippen molar-refractivity contribution in [2.45, 2.75) is 78.5 Å². The molecule has 0 unspecified atom stereocenters. The zero-order valence-electron chi connectivity index (χ0n) is 19.0. The number of benzene rings is 2. The molecule has 0 bridgehead atoms. The van der Waals surface area contributed by atoms with Crippen LogP contribution < -0.4 is 4.74 Å². The van der Waals surface area contributed by atoms with Crippen molar-refractivity contribution in [1.29, 1.82) is 0 Å². The van der Waals surface area contributed by atoms with Gasteiger partial charge in [0.15, 0.2) is 0 Å². The van der Waals surface area contributed by atoms with Gasteiger partial charge >= 0.3 is 5.97 Å². The number of ether oxygens (including phenoxy) is 1. The third kappa shape index (κ3) is 5.42. The summed E-state index contributed by atoms with van der Waals surface area (Å²) in [6.45, 7) is 12.8. The highest BCUT2D eigenvalue weighted by Gasteiger charge is 2.29. The Morgan fingerprint density at radius 1 is 1.17 bits per heavy atom. The van der Waals surface area contributed by atoms with Crippen LogP contribution in [0.25, 0.3) is 0 Å². The largest absolute Gasteiger partial charge is 0.489 e. The van der Waals surface area contributed by atoms with Gasteiger partial charge in [-0.2, -0.15) is 0 Å². The molecule has 162 valence electrons. The molecule has 0 aliphatic carbocycles. The van der Waals surface area contributed by atoms with Crippen LogP contribution in [0.5, 0.6) is 5.75 Å².